The summed E-state index contributed by atoms with van der Waals surface area (Å²) in [7, 11) is 0. The van der Waals surface area contributed by atoms with Crippen LogP contribution in [0.5, 0.6) is 0 Å². The predicted molar refractivity (Wildman–Crippen MR) is 68.4 cm³/mol. The van der Waals surface area contributed by atoms with Crippen molar-refractivity contribution < 1.29 is 14.2 Å². The molecule has 0 aromatic heterocycles. The van der Waals surface area contributed by atoms with Crippen LogP contribution in [0.4, 0.5) is 0 Å². The quantitative estimate of drug-likeness (QED) is 0.577. The smallest absolute Gasteiger partial charge is 0.0594 e. The van der Waals surface area contributed by atoms with Crippen LogP contribution in [0.3, 0.4) is 0 Å². The molecule has 17 heavy (non-hydrogen) atoms. The van der Waals surface area contributed by atoms with E-state index in [1.807, 2.05) is 0 Å². The fourth-order valence-corrected chi connectivity index (χ4v) is 1.68. The molecule has 1 fully saturated rings. The lowest BCUT2D eigenvalue weighted by molar-refractivity contribution is 0.0127. The van der Waals surface area contributed by atoms with E-state index in [0.29, 0.717) is 6.10 Å². The van der Waals surface area contributed by atoms with Gasteiger partial charge in [-0.05, 0) is 19.8 Å². The Labute approximate surface area is 105 Å². The molecule has 0 radical (unpaired) electrons. The maximum Gasteiger partial charge on any atom is 0.0594 e. The highest BCUT2D eigenvalue weighted by atomic mass is 16.5. The Balaban J connectivity index is 1.80. The second-order valence-electron chi connectivity index (χ2n) is 4.51. The topological polar surface area (TPSA) is 30.9 Å². The van der Waals surface area contributed by atoms with E-state index < -0.39 is 0 Å². The maximum atomic E-state index is 5.59. The molecule has 1 unspecified atom stereocenters. The van der Waals surface area contributed by atoms with E-state index in [2.05, 4.69) is 18.7 Å². The van der Waals surface area contributed by atoms with E-state index in [9.17, 15) is 0 Å². The summed E-state index contributed by atoms with van der Waals surface area (Å²) in [6, 6.07) is 0. The third kappa shape index (κ3) is 7.71. The van der Waals surface area contributed by atoms with Gasteiger partial charge in [-0.2, -0.15) is 0 Å². The van der Waals surface area contributed by atoms with Crippen LogP contribution in [-0.2, 0) is 14.2 Å². The molecule has 1 atom stereocenters. The van der Waals surface area contributed by atoms with Crippen molar-refractivity contribution in [3.05, 3.63) is 0 Å². The van der Waals surface area contributed by atoms with E-state index in [1.165, 1.54) is 0 Å². The normalized spacial score (nSPS) is 19.4. The Morgan fingerprint density at radius 2 is 1.94 bits per heavy atom. The number of hydrogen-bond donors (Lipinski definition) is 0. The van der Waals surface area contributed by atoms with Crippen molar-refractivity contribution in [2.45, 2.75) is 32.8 Å². The lowest BCUT2D eigenvalue weighted by Crippen LogP contribution is -2.38. The molecule has 4 nitrogen and oxygen atoms in total. The third-order valence-corrected chi connectivity index (χ3v) is 3.07. The van der Waals surface area contributed by atoms with Gasteiger partial charge in [0.15, 0.2) is 0 Å². The summed E-state index contributed by atoms with van der Waals surface area (Å²) >= 11 is 0. The van der Waals surface area contributed by atoms with E-state index >= 15 is 0 Å². The molecule has 4 heteroatoms. The average molecular weight is 245 g/mol. The van der Waals surface area contributed by atoms with Gasteiger partial charge in [-0.1, -0.05) is 6.92 Å². The van der Waals surface area contributed by atoms with Crippen molar-refractivity contribution >= 4 is 0 Å². The van der Waals surface area contributed by atoms with Crippen molar-refractivity contribution in [1.82, 2.24) is 4.90 Å². The number of rotatable bonds is 9. The molecule has 1 aliphatic heterocycles. The van der Waals surface area contributed by atoms with Gasteiger partial charge in [0, 0.05) is 32.8 Å². The summed E-state index contributed by atoms with van der Waals surface area (Å²) in [4.78, 5) is 2.39. The first-order valence-electron chi connectivity index (χ1n) is 6.82. The van der Waals surface area contributed by atoms with Gasteiger partial charge in [0.05, 0.1) is 25.9 Å². The molecule has 0 bridgehead atoms. The van der Waals surface area contributed by atoms with Crippen LogP contribution in [0.1, 0.15) is 26.7 Å². The van der Waals surface area contributed by atoms with Gasteiger partial charge in [0.25, 0.3) is 0 Å². The summed E-state index contributed by atoms with van der Waals surface area (Å²) in [6.07, 6.45) is 2.45. The molecule has 102 valence electrons. The monoisotopic (exact) mass is 245 g/mol. The molecule has 1 heterocycles. The number of nitrogens with zero attached hydrogens (tertiary/aromatic N) is 1. The van der Waals surface area contributed by atoms with Crippen LogP contribution in [0.25, 0.3) is 0 Å². The SMILES string of the molecule is CCC(C)OCCCOCCN1CCOCC1. The Bertz CT molecular complexity index is 172. The predicted octanol–water partition coefficient (Wildman–Crippen LogP) is 1.54. The van der Waals surface area contributed by atoms with Crippen LogP contribution in [-0.4, -0.2) is 63.7 Å². The molecule has 1 aliphatic rings. The number of ether oxygens (including phenoxy) is 3. The lowest BCUT2D eigenvalue weighted by atomic mass is 10.3. The minimum atomic E-state index is 0.378. The highest BCUT2D eigenvalue weighted by Crippen LogP contribution is 1.98. The summed E-state index contributed by atoms with van der Waals surface area (Å²) in [5, 5.41) is 0. The molecule has 1 saturated heterocycles. The van der Waals surface area contributed by atoms with E-state index in [0.717, 1.165) is 65.5 Å². The summed E-state index contributed by atoms with van der Waals surface area (Å²) in [5.41, 5.74) is 0. The van der Waals surface area contributed by atoms with Gasteiger partial charge < -0.3 is 14.2 Å². The molecule has 0 aliphatic carbocycles. The highest BCUT2D eigenvalue weighted by Gasteiger charge is 2.09. The van der Waals surface area contributed by atoms with Gasteiger partial charge in [-0.3, -0.25) is 4.90 Å². The Kier molecular flexibility index (Phi) is 8.61. The molecule has 0 aromatic carbocycles. The highest BCUT2D eigenvalue weighted by molar-refractivity contribution is 4.60. The first-order chi connectivity index (χ1) is 8.33. The fourth-order valence-electron chi connectivity index (χ4n) is 1.68. The first kappa shape index (κ1) is 14.9. The molecule has 1 rings (SSSR count). The standard InChI is InChI=1S/C13H27NO3/c1-3-13(2)17-9-4-8-15-10-5-14-6-11-16-12-7-14/h13H,3-12H2,1-2H3. The van der Waals surface area contributed by atoms with Crippen molar-refractivity contribution in [2.75, 3.05) is 52.7 Å². The summed E-state index contributed by atoms with van der Waals surface area (Å²) < 4.78 is 16.5. The van der Waals surface area contributed by atoms with Gasteiger partial charge in [0.1, 0.15) is 0 Å². The summed E-state index contributed by atoms with van der Waals surface area (Å²) in [5.74, 6) is 0. The molecular weight excluding hydrogens is 218 g/mol. The lowest BCUT2D eigenvalue weighted by Gasteiger charge is -2.26. The van der Waals surface area contributed by atoms with E-state index in [-0.39, 0.29) is 0 Å². The second-order valence-corrected chi connectivity index (χ2v) is 4.51. The fraction of sp³-hybridized carbons (Fsp3) is 1.00. The number of morpholine rings is 1. The van der Waals surface area contributed by atoms with Crippen molar-refractivity contribution in [3.63, 3.8) is 0 Å². The van der Waals surface area contributed by atoms with Gasteiger partial charge in [-0.15, -0.1) is 0 Å². The van der Waals surface area contributed by atoms with Crippen molar-refractivity contribution in [1.29, 1.82) is 0 Å². The van der Waals surface area contributed by atoms with Crippen molar-refractivity contribution in [3.8, 4) is 0 Å². The van der Waals surface area contributed by atoms with Crippen molar-refractivity contribution in [2.24, 2.45) is 0 Å². The largest absolute Gasteiger partial charge is 0.380 e. The number of hydrogen-bond acceptors (Lipinski definition) is 4. The zero-order valence-corrected chi connectivity index (χ0v) is 11.3. The Hall–Kier alpha value is -0.160. The zero-order chi connectivity index (χ0) is 12.3. The Morgan fingerprint density at radius 3 is 2.65 bits per heavy atom. The first-order valence-corrected chi connectivity index (χ1v) is 6.82. The maximum absolute atomic E-state index is 5.59. The van der Waals surface area contributed by atoms with Crippen LogP contribution >= 0.6 is 0 Å². The van der Waals surface area contributed by atoms with E-state index in [4.69, 9.17) is 14.2 Å². The third-order valence-electron chi connectivity index (χ3n) is 3.07. The molecule has 0 N–H and O–H groups in total. The molecular formula is C13H27NO3. The molecule has 0 aromatic rings. The molecule has 0 spiro atoms. The zero-order valence-electron chi connectivity index (χ0n) is 11.3. The minimum Gasteiger partial charge on any atom is -0.380 e. The second kappa shape index (κ2) is 9.83. The van der Waals surface area contributed by atoms with Crippen LogP contribution < -0.4 is 0 Å². The minimum absolute atomic E-state index is 0.378. The summed E-state index contributed by atoms with van der Waals surface area (Å²) in [6.45, 7) is 11.5. The molecule has 0 amide bonds. The van der Waals surface area contributed by atoms with E-state index in [1.54, 1.807) is 0 Å². The van der Waals surface area contributed by atoms with Gasteiger partial charge in [-0.25, -0.2) is 0 Å². The molecule has 0 saturated carbocycles. The van der Waals surface area contributed by atoms with Crippen LogP contribution in [0.15, 0.2) is 0 Å². The van der Waals surface area contributed by atoms with Crippen LogP contribution in [0, 0.1) is 0 Å². The average Bonchev–Trinajstić information content (AvgIpc) is 2.38. The van der Waals surface area contributed by atoms with Gasteiger partial charge in [0.2, 0.25) is 0 Å². The van der Waals surface area contributed by atoms with Gasteiger partial charge >= 0.3 is 0 Å². The van der Waals surface area contributed by atoms with Crippen LogP contribution in [0.2, 0.25) is 0 Å². The Morgan fingerprint density at radius 1 is 1.18 bits per heavy atom.